The molecule has 168 valence electrons. The highest BCUT2D eigenvalue weighted by Gasteiger charge is 2.34. The van der Waals surface area contributed by atoms with Crippen molar-refractivity contribution in [1.82, 2.24) is 0 Å². The average molecular weight is 483 g/mol. The summed E-state index contributed by atoms with van der Waals surface area (Å²) in [5.74, 6) is -0.0776. The third kappa shape index (κ3) is 4.10. The number of benzene rings is 2. The Hall–Kier alpha value is -3.63. The Balaban J connectivity index is 1.58. The van der Waals surface area contributed by atoms with E-state index in [1.807, 2.05) is 35.7 Å². The normalized spacial score (nSPS) is 15.8. The molecule has 1 aliphatic heterocycles. The molecule has 1 atom stereocenters. The van der Waals surface area contributed by atoms with E-state index >= 15 is 0 Å². The fourth-order valence-corrected chi connectivity index (χ4v) is 5.02. The van der Waals surface area contributed by atoms with Gasteiger partial charge < -0.3 is 14.6 Å². The molecule has 0 saturated carbocycles. The minimum atomic E-state index is -3.67. The van der Waals surface area contributed by atoms with Gasteiger partial charge in [-0.2, -0.15) is 11.3 Å². The van der Waals surface area contributed by atoms with E-state index < -0.39 is 22.0 Å². The van der Waals surface area contributed by atoms with Gasteiger partial charge in [0.2, 0.25) is 15.9 Å². The van der Waals surface area contributed by atoms with Crippen LogP contribution in [0.2, 0.25) is 0 Å². The quantitative estimate of drug-likeness (QED) is 0.350. The van der Waals surface area contributed by atoms with Crippen molar-refractivity contribution < 1.29 is 17.2 Å². The maximum absolute atomic E-state index is 14.3. The Morgan fingerprint density at radius 1 is 1.12 bits per heavy atom. The van der Waals surface area contributed by atoms with Crippen LogP contribution in [0.3, 0.4) is 0 Å². The number of anilines is 3. The predicted octanol–water partition coefficient (Wildman–Crippen LogP) is 5.47. The van der Waals surface area contributed by atoms with Gasteiger partial charge in [0.15, 0.2) is 0 Å². The number of sulfonamides is 1. The lowest BCUT2D eigenvalue weighted by atomic mass is 10.0. The molecule has 0 saturated heterocycles. The van der Waals surface area contributed by atoms with Gasteiger partial charge in [0.1, 0.15) is 17.8 Å². The highest BCUT2D eigenvalue weighted by atomic mass is 32.2. The number of furan rings is 1. The molecule has 0 bridgehead atoms. The van der Waals surface area contributed by atoms with E-state index in [-0.39, 0.29) is 11.5 Å². The Morgan fingerprint density at radius 3 is 2.61 bits per heavy atom. The van der Waals surface area contributed by atoms with Crippen molar-refractivity contribution in [2.75, 3.05) is 21.2 Å². The molecule has 1 unspecified atom stereocenters. The maximum atomic E-state index is 14.3. The Morgan fingerprint density at radius 2 is 1.91 bits per heavy atom. The van der Waals surface area contributed by atoms with Gasteiger partial charge in [-0.3, -0.25) is 10.1 Å². The predicted molar refractivity (Wildman–Crippen MR) is 129 cm³/mol. The molecule has 3 heterocycles. The average Bonchev–Trinajstić information content (AvgIpc) is 3.47. The van der Waals surface area contributed by atoms with E-state index in [2.05, 4.69) is 15.4 Å². The minimum absolute atomic E-state index is 0.165. The number of rotatable bonds is 5. The molecule has 0 amide bonds. The van der Waals surface area contributed by atoms with E-state index in [9.17, 15) is 12.8 Å². The number of amidine groups is 1. The standard InChI is InChI=1S/C23H19FN4O3S2/c1-33(29,30)27-20-12-15(4-7-19(20)24)22-26-23-18(8-10-31-23)21(25)28(22)17-5-2-14(3-6-17)16-9-11-32-13-16/h2-13,22,25-27H,1H3. The molecular weight excluding hydrogens is 463 g/mol. The lowest BCUT2D eigenvalue weighted by Gasteiger charge is -2.38. The van der Waals surface area contributed by atoms with Crippen LogP contribution in [0.4, 0.5) is 21.6 Å². The summed E-state index contributed by atoms with van der Waals surface area (Å²) in [5.41, 5.74) is 3.88. The van der Waals surface area contributed by atoms with Crippen LogP contribution >= 0.6 is 11.3 Å². The summed E-state index contributed by atoms with van der Waals surface area (Å²) in [6, 6.07) is 15.7. The number of thiophene rings is 1. The summed E-state index contributed by atoms with van der Waals surface area (Å²) >= 11 is 1.62. The second-order valence-corrected chi connectivity index (χ2v) is 10.1. The number of halogens is 1. The molecule has 2 aromatic carbocycles. The molecule has 4 aromatic rings. The SMILES string of the molecule is CS(=O)(=O)Nc1cc(C2Nc3occc3C(=N)N2c2ccc(-c3ccsc3)cc2)ccc1F. The van der Waals surface area contributed by atoms with Crippen molar-refractivity contribution in [2.24, 2.45) is 0 Å². The van der Waals surface area contributed by atoms with Crippen LogP contribution in [0.25, 0.3) is 11.1 Å². The first-order chi connectivity index (χ1) is 15.8. The van der Waals surface area contributed by atoms with Gasteiger partial charge in [-0.25, -0.2) is 12.8 Å². The monoisotopic (exact) mass is 482 g/mol. The molecule has 1 aliphatic rings. The number of fused-ring (bicyclic) bond motifs is 1. The lowest BCUT2D eigenvalue weighted by molar-refractivity contribution is 0.564. The van der Waals surface area contributed by atoms with E-state index in [0.29, 0.717) is 17.0 Å². The molecule has 2 aromatic heterocycles. The minimum Gasteiger partial charge on any atom is -0.448 e. The summed E-state index contributed by atoms with van der Waals surface area (Å²) < 4.78 is 45.4. The Labute approximate surface area is 194 Å². The molecule has 3 N–H and O–H groups in total. The van der Waals surface area contributed by atoms with Crippen molar-refractivity contribution in [3.05, 3.63) is 88.6 Å². The fraction of sp³-hybridized carbons (Fsp3) is 0.0870. The molecule has 5 rings (SSSR count). The van der Waals surface area contributed by atoms with Gasteiger partial charge in [0.25, 0.3) is 0 Å². The van der Waals surface area contributed by atoms with Crippen molar-refractivity contribution >= 4 is 44.5 Å². The zero-order valence-electron chi connectivity index (χ0n) is 17.4. The topological polar surface area (TPSA) is 98.4 Å². The molecule has 0 fully saturated rings. The highest BCUT2D eigenvalue weighted by molar-refractivity contribution is 7.92. The molecule has 0 aliphatic carbocycles. The highest BCUT2D eigenvalue weighted by Crippen LogP contribution is 2.38. The van der Waals surface area contributed by atoms with Gasteiger partial charge in [0.05, 0.1) is 23.8 Å². The van der Waals surface area contributed by atoms with E-state index in [0.717, 1.165) is 23.1 Å². The first-order valence-electron chi connectivity index (χ1n) is 9.92. The smallest absolute Gasteiger partial charge is 0.229 e. The van der Waals surface area contributed by atoms with Crippen molar-refractivity contribution in [3.63, 3.8) is 0 Å². The summed E-state index contributed by atoms with van der Waals surface area (Å²) in [4.78, 5) is 1.76. The van der Waals surface area contributed by atoms with Gasteiger partial charge in [-0.15, -0.1) is 0 Å². The molecule has 7 nitrogen and oxygen atoms in total. The maximum Gasteiger partial charge on any atom is 0.229 e. The van der Waals surface area contributed by atoms with Crippen molar-refractivity contribution in [1.29, 1.82) is 5.41 Å². The van der Waals surface area contributed by atoms with Crippen LogP contribution in [0, 0.1) is 11.2 Å². The van der Waals surface area contributed by atoms with Crippen LogP contribution in [-0.2, 0) is 10.0 Å². The van der Waals surface area contributed by atoms with Gasteiger partial charge in [-0.1, -0.05) is 18.2 Å². The zero-order chi connectivity index (χ0) is 23.2. The van der Waals surface area contributed by atoms with Gasteiger partial charge in [0, 0.05) is 5.69 Å². The summed E-state index contributed by atoms with van der Waals surface area (Å²) in [6.07, 6.45) is 1.82. The van der Waals surface area contributed by atoms with Crippen LogP contribution in [0.5, 0.6) is 0 Å². The summed E-state index contributed by atoms with van der Waals surface area (Å²) in [7, 11) is -3.67. The zero-order valence-corrected chi connectivity index (χ0v) is 19.0. The number of nitrogens with one attached hydrogen (secondary N) is 3. The largest absolute Gasteiger partial charge is 0.448 e. The molecular formula is C23H19FN4O3S2. The van der Waals surface area contributed by atoms with E-state index in [1.165, 1.54) is 18.4 Å². The third-order valence-electron chi connectivity index (χ3n) is 5.29. The van der Waals surface area contributed by atoms with E-state index in [4.69, 9.17) is 9.83 Å². The first kappa shape index (κ1) is 21.2. The summed E-state index contributed by atoms with van der Waals surface area (Å²) in [5, 5.41) is 16.2. The number of hydrogen-bond acceptors (Lipinski definition) is 6. The van der Waals surface area contributed by atoms with Crippen LogP contribution in [0.1, 0.15) is 17.3 Å². The summed E-state index contributed by atoms with van der Waals surface area (Å²) in [6.45, 7) is 0. The number of nitrogens with zero attached hydrogens (tertiary/aromatic N) is 1. The lowest BCUT2D eigenvalue weighted by Crippen LogP contribution is -2.42. The van der Waals surface area contributed by atoms with Crippen molar-refractivity contribution in [2.45, 2.75) is 6.17 Å². The van der Waals surface area contributed by atoms with Crippen LogP contribution in [0.15, 0.2) is 76.0 Å². The second kappa shape index (κ2) is 8.05. The van der Waals surface area contributed by atoms with Crippen LogP contribution in [-0.4, -0.2) is 20.5 Å². The second-order valence-electron chi connectivity index (χ2n) is 7.60. The Bertz CT molecular complexity index is 1430. The van der Waals surface area contributed by atoms with Crippen molar-refractivity contribution in [3.8, 4) is 11.1 Å². The van der Waals surface area contributed by atoms with Crippen LogP contribution < -0.4 is 14.9 Å². The molecule has 0 radical (unpaired) electrons. The molecule has 10 heteroatoms. The van der Waals surface area contributed by atoms with E-state index in [1.54, 1.807) is 28.4 Å². The first-order valence-corrected chi connectivity index (χ1v) is 12.8. The molecule has 0 spiro atoms. The Kier molecular flexibility index (Phi) is 5.18. The van der Waals surface area contributed by atoms with Gasteiger partial charge >= 0.3 is 0 Å². The fourth-order valence-electron chi connectivity index (χ4n) is 3.80. The third-order valence-corrected chi connectivity index (χ3v) is 6.56. The van der Waals surface area contributed by atoms with Gasteiger partial charge in [-0.05, 0) is 63.8 Å². The molecule has 33 heavy (non-hydrogen) atoms. The number of hydrogen-bond donors (Lipinski definition) is 3.